The van der Waals surface area contributed by atoms with Gasteiger partial charge in [-0.3, -0.25) is 19.7 Å². The molecule has 0 radical (unpaired) electrons. The number of nitrogens with zero attached hydrogens (tertiary/aromatic N) is 1. The van der Waals surface area contributed by atoms with Crippen LogP contribution in [0.25, 0.3) is 11.1 Å². The molecule has 2 aliphatic heterocycles. The minimum Gasteiger partial charge on any atom is -0.392 e. The van der Waals surface area contributed by atoms with Crippen LogP contribution in [0.3, 0.4) is 0 Å². The number of benzene rings is 2. The van der Waals surface area contributed by atoms with E-state index in [-0.39, 0.29) is 31.4 Å². The standard InChI is InChI=1S/C20H17ClN2O4/c21-16-5-4-11(10-24)8-14(16)12-2-1-3-13-15(12)9-23(20(13)27)17-6-7-18(25)22-19(17)26/h1-5,8,17,24H,6-7,9-10H2,(H,22,25,26). The van der Waals surface area contributed by atoms with Gasteiger partial charge in [0.2, 0.25) is 11.8 Å². The number of amides is 3. The number of carbonyl (C=O) groups excluding carboxylic acids is 3. The molecule has 2 aromatic rings. The minimum absolute atomic E-state index is 0.111. The number of aliphatic hydroxyl groups excluding tert-OH is 1. The summed E-state index contributed by atoms with van der Waals surface area (Å²) in [6.45, 7) is 0.164. The maximum absolute atomic E-state index is 12.9. The number of nitrogens with one attached hydrogen (secondary N) is 1. The fourth-order valence-electron chi connectivity index (χ4n) is 3.72. The van der Waals surface area contributed by atoms with Crippen molar-refractivity contribution in [2.75, 3.05) is 0 Å². The van der Waals surface area contributed by atoms with E-state index in [4.69, 9.17) is 11.6 Å². The van der Waals surface area contributed by atoms with Crippen LogP contribution in [0.15, 0.2) is 36.4 Å². The normalized spacial score (nSPS) is 19.3. The Morgan fingerprint density at radius 1 is 1.11 bits per heavy atom. The summed E-state index contributed by atoms with van der Waals surface area (Å²) in [5, 5.41) is 12.2. The Morgan fingerprint density at radius 2 is 1.89 bits per heavy atom. The topological polar surface area (TPSA) is 86.7 Å². The largest absolute Gasteiger partial charge is 0.392 e. The van der Waals surface area contributed by atoms with E-state index in [9.17, 15) is 19.5 Å². The highest BCUT2D eigenvalue weighted by molar-refractivity contribution is 6.33. The van der Waals surface area contributed by atoms with Crippen LogP contribution in [0.1, 0.15) is 34.3 Å². The Kier molecular flexibility index (Phi) is 4.45. The number of aliphatic hydroxyl groups is 1. The molecule has 27 heavy (non-hydrogen) atoms. The zero-order chi connectivity index (χ0) is 19.1. The molecule has 1 saturated heterocycles. The van der Waals surface area contributed by atoms with Gasteiger partial charge >= 0.3 is 0 Å². The number of fused-ring (bicyclic) bond motifs is 1. The van der Waals surface area contributed by atoms with Crippen molar-refractivity contribution in [2.24, 2.45) is 0 Å². The first-order valence-electron chi connectivity index (χ1n) is 8.66. The summed E-state index contributed by atoms with van der Waals surface area (Å²) in [5.74, 6) is -0.973. The molecular weight excluding hydrogens is 368 g/mol. The molecule has 7 heteroatoms. The molecule has 4 rings (SSSR count). The Labute approximate surface area is 160 Å². The summed E-state index contributed by atoms with van der Waals surface area (Å²) in [5.41, 5.74) is 3.58. The summed E-state index contributed by atoms with van der Waals surface area (Å²) in [4.78, 5) is 38.0. The molecule has 0 aliphatic carbocycles. The Hall–Kier alpha value is -2.70. The van der Waals surface area contributed by atoms with Crippen LogP contribution < -0.4 is 5.32 Å². The van der Waals surface area contributed by atoms with Crippen LogP contribution in [0.4, 0.5) is 0 Å². The quantitative estimate of drug-likeness (QED) is 0.795. The highest BCUT2D eigenvalue weighted by atomic mass is 35.5. The number of halogens is 1. The molecule has 3 amide bonds. The lowest BCUT2D eigenvalue weighted by molar-refractivity contribution is -0.136. The van der Waals surface area contributed by atoms with E-state index >= 15 is 0 Å². The van der Waals surface area contributed by atoms with Crippen LogP contribution in [0.2, 0.25) is 5.02 Å². The molecule has 0 spiro atoms. The van der Waals surface area contributed by atoms with Gasteiger partial charge in [0.1, 0.15) is 6.04 Å². The van der Waals surface area contributed by atoms with Crippen LogP contribution >= 0.6 is 11.6 Å². The second-order valence-corrected chi connectivity index (χ2v) is 7.11. The molecular formula is C20H17ClN2O4. The van der Waals surface area contributed by atoms with Crippen LogP contribution in [0.5, 0.6) is 0 Å². The summed E-state index contributed by atoms with van der Waals surface area (Å²) in [6, 6.07) is 10.00. The Bertz CT molecular complexity index is 972. The Balaban J connectivity index is 1.74. The van der Waals surface area contributed by atoms with E-state index in [1.807, 2.05) is 6.07 Å². The van der Waals surface area contributed by atoms with E-state index in [0.29, 0.717) is 17.0 Å². The average molecular weight is 385 g/mol. The number of rotatable bonds is 3. The lowest BCUT2D eigenvalue weighted by Gasteiger charge is -2.29. The number of hydrogen-bond acceptors (Lipinski definition) is 4. The van der Waals surface area contributed by atoms with Gasteiger partial charge < -0.3 is 10.0 Å². The van der Waals surface area contributed by atoms with Gasteiger partial charge in [-0.1, -0.05) is 29.8 Å². The second kappa shape index (κ2) is 6.79. The minimum atomic E-state index is -0.658. The number of carbonyl (C=O) groups is 3. The van der Waals surface area contributed by atoms with Crippen LogP contribution in [-0.4, -0.2) is 33.8 Å². The molecule has 138 valence electrons. The van der Waals surface area contributed by atoms with Crippen molar-refractivity contribution in [3.8, 4) is 11.1 Å². The van der Waals surface area contributed by atoms with Gasteiger partial charge in [-0.2, -0.15) is 0 Å². The summed E-state index contributed by atoms with van der Waals surface area (Å²) >= 11 is 6.37. The van der Waals surface area contributed by atoms with E-state index in [1.165, 1.54) is 4.90 Å². The smallest absolute Gasteiger partial charge is 0.255 e. The number of hydrogen-bond donors (Lipinski definition) is 2. The fraction of sp³-hybridized carbons (Fsp3) is 0.250. The molecule has 6 nitrogen and oxygen atoms in total. The summed E-state index contributed by atoms with van der Waals surface area (Å²) in [6.07, 6.45) is 0.536. The fourth-order valence-corrected chi connectivity index (χ4v) is 3.93. The molecule has 1 unspecified atom stereocenters. The highest BCUT2D eigenvalue weighted by Crippen LogP contribution is 2.37. The Morgan fingerprint density at radius 3 is 2.63 bits per heavy atom. The second-order valence-electron chi connectivity index (χ2n) is 6.70. The maximum atomic E-state index is 12.9. The van der Waals surface area contributed by atoms with Crippen molar-refractivity contribution in [2.45, 2.75) is 32.0 Å². The van der Waals surface area contributed by atoms with Gasteiger partial charge in [-0.25, -0.2) is 0 Å². The van der Waals surface area contributed by atoms with Crippen LogP contribution in [0, 0.1) is 0 Å². The lowest BCUT2D eigenvalue weighted by Crippen LogP contribution is -2.52. The van der Waals surface area contributed by atoms with E-state index < -0.39 is 11.9 Å². The van der Waals surface area contributed by atoms with E-state index in [2.05, 4.69) is 5.32 Å². The van der Waals surface area contributed by atoms with Gasteiger partial charge in [-0.05, 0) is 41.3 Å². The first-order chi connectivity index (χ1) is 13.0. The maximum Gasteiger partial charge on any atom is 0.255 e. The predicted octanol–water partition coefficient (Wildman–Crippen LogP) is 2.26. The van der Waals surface area contributed by atoms with Crippen molar-refractivity contribution < 1.29 is 19.5 Å². The summed E-state index contributed by atoms with van der Waals surface area (Å²) in [7, 11) is 0. The predicted molar refractivity (Wildman–Crippen MR) is 98.9 cm³/mol. The molecule has 0 aromatic heterocycles. The molecule has 2 heterocycles. The van der Waals surface area contributed by atoms with Gasteiger partial charge in [0.25, 0.3) is 5.91 Å². The van der Waals surface area contributed by atoms with Crippen molar-refractivity contribution >= 4 is 29.3 Å². The molecule has 0 saturated carbocycles. The first-order valence-corrected chi connectivity index (χ1v) is 9.03. The third-order valence-corrected chi connectivity index (χ3v) is 5.42. The highest BCUT2D eigenvalue weighted by Gasteiger charge is 2.39. The van der Waals surface area contributed by atoms with Crippen molar-refractivity contribution in [1.82, 2.24) is 10.2 Å². The third kappa shape index (κ3) is 3.01. The van der Waals surface area contributed by atoms with Gasteiger partial charge in [0.05, 0.1) is 6.61 Å². The lowest BCUT2D eigenvalue weighted by atomic mass is 9.96. The third-order valence-electron chi connectivity index (χ3n) is 5.09. The van der Waals surface area contributed by atoms with Crippen molar-refractivity contribution in [1.29, 1.82) is 0 Å². The number of piperidine rings is 1. The van der Waals surface area contributed by atoms with Crippen LogP contribution in [-0.2, 0) is 22.7 Å². The molecule has 2 aromatic carbocycles. The number of imide groups is 1. The molecule has 2 N–H and O–H groups in total. The molecule has 0 bridgehead atoms. The van der Waals surface area contributed by atoms with E-state index in [0.717, 1.165) is 22.3 Å². The SMILES string of the molecule is O=C1CCC(N2Cc3c(cccc3-c3cc(CO)ccc3Cl)C2=O)C(=O)N1. The average Bonchev–Trinajstić information content (AvgIpc) is 2.99. The van der Waals surface area contributed by atoms with E-state index in [1.54, 1.807) is 30.3 Å². The van der Waals surface area contributed by atoms with Crippen molar-refractivity contribution in [3.63, 3.8) is 0 Å². The monoisotopic (exact) mass is 384 g/mol. The zero-order valence-corrected chi connectivity index (χ0v) is 15.1. The summed E-state index contributed by atoms with van der Waals surface area (Å²) < 4.78 is 0. The van der Waals surface area contributed by atoms with Gasteiger partial charge in [-0.15, -0.1) is 0 Å². The molecule has 1 atom stereocenters. The molecule has 1 fully saturated rings. The zero-order valence-electron chi connectivity index (χ0n) is 14.4. The molecule has 2 aliphatic rings. The van der Waals surface area contributed by atoms with Crippen molar-refractivity contribution in [3.05, 3.63) is 58.1 Å². The van der Waals surface area contributed by atoms with Gasteiger partial charge in [0, 0.05) is 29.1 Å². The first kappa shape index (κ1) is 17.7. The van der Waals surface area contributed by atoms with Gasteiger partial charge in [0.15, 0.2) is 0 Å².